The first-order chi connectivity index (χ1) is 17.8. The fourth-order valence-electron chi connectivity index (χ4n) is 7.85. The van der Waals surface area contributed by atoms with Crippen LogP contribution in [-0.2, 0) is 4.79 Å². The molecular weight excluding hydrogens is 801 g/mol. The molecule has 5 rings (SSSR count). The zero-order chi connectivity index (χ0) is 28.4. The third-order valence-electron chi connectivity index (χ3n) is 9.33. The topological polar surface area (TPSA) is 57.5 Å². The SMILES string of the molecule is C=CCC.CC.CC.CI.O=C1C=C2C(CO)CC3(I)C(CCC4(CO)C(C5CC5)CCC34)C2(I)CC1. The second-order valence-electron chi connectivity index (χ2n) is 10.7. The van der Waals surface area contributed by atoms with Crippen LogP contribution in [0.25, 0.3) is 0 Å². The minimum atomic E-state index is 0.0117. The predicted octanol–water partition coefficient (Wildman–Crippen LogP) is 9.15. The average Bonchev–Trinajstić information content (AvgIpc) is 3.71. The zero-order valence-corrected chi connectivity index (χ0v) is 30.6. The van der Waals surface area contributed by atoms with Crippen LogP contribution in [0.4, 0.5) is 0 Å². The summed E-state index contributed by atoms with van der Waals surface area (Å²) in [7, 11) is 0. The van der Waals surface area contributed by atoms with Crippen molar-refractivity contribution in [3.63, 3.8) is 0 Å². The Bertz CT molecular complexity index is 752. The zero-order valence-electron chi connectivity index (χ0n) is 24.2. The highest BCUT2D eigenvalue weighted by atomic mass is 127. The van der Waals surface area contributed by atoms with E-state index in [1.165, 1.54) is 31.3 Å². The quantitative estimate of drug-likeness (QED) is 0.169. The number of hydrogen-bond acceptors (Lipinski definition) is 3. The van der Waals surface area contributed by atoms with Crippen molar-refractivity contribution in [2.24, 2.45) is 35.0 Å². The fraction of sp³-hybridized carbons (Fsp3) is 0.839. The summed E-state index contributed by atoms with van der Waals surface area (Å²) in [6.45, 7) is 14.0. The van der Waals surface area contributed by atoms with Gasteiger partial charge in [-0.25, -0.2) is 0 Å². The average molecular weight is 854 g/mol. The summed E-state index contributed by atoms with van der Waals surface area (Å²) in [5.74, 6) is 3.02. The monoisotopic (exact) mass is 854 g/mol. The number of carbonyl (C=O) groups is 1. The van der Waals surface area contributed by atoms with Gasteiger partial charge >= 0.3 is 0 Å². The van der Waals surface area contributed by atoms with E-state index in [1.807, 2.05) is 44.8 Å². The molecule has 5 aliphatic carbocycles. The van der Waals surface area contributed by atoms with Gasteiger partial charge in [-0.3, -0.25) is 4.79 Å². The van der Waals surface area contributed by atoms with Crippen LogP contribution >= 0.6 is 67.8 Å². The van der Waals surface area contributed by atoms with Crippen LogP contribution in [0.1, 0.15) is 98.8 Å². The number of aliphatic hydroxyl groups is 2. The summed E-state index contributed by atoms with van der Waals surface area (Å²) in [4.78, 5) is 14.1. The number of halogens is 3. The van der Waals surface area contributed by atoms with E-state index in [2.05, 4.69) is 81.3 Å². The molecule has 216 valence electrons. The highest BCUT2D eigenvalue weighted by Gasteiger charge is 2.69. The van der Waals surface area contributed by atoms with Crippen molar-refractivity contribution in [2.75, 3.05) is 18.1 Å². The highest BCUT2D eigenvalue weighted by molar-refractivity contribution is 14.1. The lowest BCUT2D eigenvalue weighted by Gasteiger charge is -2.63. The largest absolute Gasteiger partial charge is 0.396 e. The molecule has 7 unspecified atom stereocenters. The van der Waals surface area contributed by atoms with Crippen molar-refractivity contribution >= 4 is 73.6 Å². The molecule has 0 aromatic carbocycles. The Morgan fingerprint density at radius 1 is 1.00 bits per heavy atom. The molecular formula is C31H53I3O3. The normalized spacial score (nSPS) is 39.1. The van der Waals surface area contributed by atoms with E-state index < -0.39 is 0 Å². The first-order valence-electron chi connectivity index (χ1n) is 14.6. The smallest absolute Gasteiger partial charge is 0.155 e. The van der Waals surface area contributed by atoms with Crippen LogP contribution in [0.3, 0.4) is 0 Å². The molecule has 6 heteroatoms. The van der Waals surface area contributed by atoms with Gasteiger partial charge < -0.3 is 10.2 Å². The molecule has 2 N–H and O–H groups in total. The number of ketones is 1. The van der Waals surface area contributed by atoms with Gasteiger partial charge in [0, 0.05) is 37.8 Å². The maximum atomic E-state index is 12.2. The number of rotatable bonds is 4. The van der Waals surface area contributed by atoms with Gasteiger partial charge in [-0.2, -0.15) is 0 Å². The molecule has 4 fully saturated rings. The predicted molar refractivity (Wildman–Crippen MR) is 185 cm³/mol. The molecule has 37 heavy (non-hydrogen) atoms. The molecule has 0 bridgehead atoms. The summed E-state index contributed by atoms with van der Waals surface area (Å²) >= 11 is 7.59. The van der Waals surface area contributed by atoms with Gasteiger partial charge in [0.1, 0.15) is 0 Å². The van der Waals surface area contributed by atoms with Gasteiger partial charge in [-0.05, 0) is 98.0 Å². The molecule has 0 heterocycles. The number of alkyl halides is 3. The summed E-state index contributed by atoms with van der Waals surface area (Å²) in [6.07, 6.45) is 15.0. The molecule has 0 aromatic heterocycles. The molecule has 0 spiro atoms. The molecule has 7 atom stereocenters. The number of aliphatic hydroxyl groups excluding tert-OH is 2. The third kappa shape index (κ3) is 7.19. The second-order valence-corrected chi connectivity index (χ2v) is 14.6. The molecule has 0 amide bonds. The molecule has 0 saturated heterocycles. The molecule has 4 saturated carbocycles. The Morgan fingerprint density at radius 3 is 2.08 bits per heavy atom. The number of carbonyl (C=O) groups excluding carboxylic acids is 1. The van der Waals surface area contributed by atoms with E-state index in [1.54, 1.807) is 0 Å². The van der Waals surface area contributed by atoms with Crippen molar-refractivity contribution in [1.82, 2.24) is 0 Å². The Labute approximate surface area is 269 Å². The lowest BCUT2D eigenvalue weighted by Crippen LogP contribution is -2.63. The molecule has 5 aliphatic rings. The van der Waals surface area contributed by atoms with Crippen LogP contribution in [-0.4, -0.2) is 41.0 Å². The molecule has 0 aliphatic heterocycles. The van der Waals surface area contributed by atoms with E-state index in [0.29, 0.717) is 30.8 Å². The Hall–Kier alpha value is 1.26. The van der Waals surface area contributed by atoms with Gasteiger partial charge in [-0.15, -0.1) is 6.58 Å². The van der Waals surface area contributed by atoms with Crippen molar-refractivity contribution in [3.05, 3.63) is 24.3 Å². The van der Waals surface area contributed by atoms with Crippen molar-refractivity contribution < 1.29 is 15.0 Å². The first-order valence-corrected chi connectivity index (χ1v) is 18.9. The van der Waals surface area contributed by atoms with Gasteiger partial charge in [-0.1, -0.05) is 108 Å². The maximum absolute atomic E-state index is 12.2. The lowest BCUT2D eigenvalue weighted by atomic mass is 9.49. The summed E-state index contributed by atoms with van der Waals surface area (Å²) in [6, 6.07) is 0. The lowest BCUT2D eigenvalue weighted by molar-refractivity contribution is -0.115. The first kappa shape index (κ1) is 36.3. The van der Waals surface area contributed by atoms with E-state index in [-0.39, 0.29) is 30.6 Å². The number of hydrogen-bond donors (Lipinski definition) is 2. The minimum absolute atomic E-state index is 0.0117. The van der Waals surface area contributed by atoms with Gasteiger partial charge in [0.2, 0.25) is 0 Å². The summed E-state index contributed by atoms with van der Waals surface area (Å²) in [5, 5.41) is 20.9. The van der Waals surface area contributed by atoms with E-state index in [4.69, 9.17) is 0 Å². The van der Waals surface area contributed by atoms with E-state index in [9.17, 15) is 15.0 Å². The van der Waals surface area contributed by atoms with E-state index >= 15 is 0 Å². The van der Waals surface area contributed by atoms with Gasteiger partial charge in [0.05, 0.1) is 0 Å². The highest BCUT2D eigenvalue weighted by Crippen LogP contribution is 2.73. The van der Waals surface area contributed by atoms with Crippen molar-refractivity contribution in [3.8, 4) is 0 Å². The standard InChI is InChI=1S/C22H30I2O3.C4H8.2C2H6.CH3I/c23-21-8-5-15(27)9-17(21)14(11-25)10-22(24)18-4-3-16(13-1-2-13)20(18,12-26)7-6-19(21)22;1-3-4-2;3*1-2/h9,13-14,16,18-19,25-26H,1-8,10-12H2;3H,1,4H2,2H3;2*1-2H3;1H3. The summed E-state index contributed by atoms with van der Waals surface area (Å²) in [5.41, 5.74) is 1.34. The van der Waals surface area contributed by atoms with Crippen LogP contribution in [0.15, 0.2) is 24.3 Å². The molecule has 0 radical (unpaired) electrons. The maximum Gasteiger partial charge on any atom is 0.155 e. The van der Waals surface area contributed by atoms with Crippen molar-refractivity contribution in [2.45, 2.75) is 106 Å². The van der Waals surface area contributed by atoms with Gasteiger partial charge in [0.25, 0.3) is 0 Å². The van der Waals surface area contributed by atoms with Crippen molar-refractivity contribution in [1.29, 1.82) is 0 Å². The third-order valence-corrected chi connectivity index (χ3v) is 13.2. The summed E-state index contributed by atoms with van der Waals surface area (Å²) < 4.78 is 0.145. The number of allylic oxidation sites excluding steroid dienone is 1. The van der Waals surface area contributed by atoms with E-state index in [0.717, 1.165) is 38.0 Å². The Balaban J connectivity index is 0.000000606. The Kier molecular flexibility index (Phi) is 16.3. The van der Waals surface area contributed by atoms with Gasteiger partial charge in [0.15, 0.2) is 5.78 Å². The molecule has 0 aromatic rings. The van der Waals surface area contributed by atoms with Crippen LogP contribution in [0.5, 0.6) is 0 Å². The Morgan fingerprint density at radius 2 is 1.59 bits per heavy atom. The number of fused-ring (bicyclic) bond motifs is 5. The fourth-order valence-corrected chi connectivity index (χ4v) is 12.5. The van der Waals surface area contributed by atoms with Crippen LogP contribution in [0.2, 0.25) is 0 Å². The van der Waals surface area contributed by atoms with Crippen LogP contribution in [0, 0.1) is 35.0 Å². The second kappa shape index (κ2) is 16.6. The minimum Gasteiger partial charge on any atom is -0.396 e. The molecule has 3 nitrogen and oxygen atoms in total. The van der Waals surface area contributed by atoms with Crippen LogP contribution < -0.4 is 0 Å².